The molecule has 3 atom stereocenters. The Hall–Kier alpha value is -1.47. The molecule has 0 spiro atoms. The summed E-state index contributed by atoms with van der Waals surface area (Å²) in [6, 6.07) is -0.580. The van der Waals surface area contributed by atoms with Crippen molar-refractivity contribution in [2.75, 3.05) is 20.1 Å². The van der Waals surface area contributed by atoms with Crippen LogP contribution in [0.1, 0.15) is 13.0 Å². The fraction of sp³-hybridized carbons (Fsp3) is 0.700. The van der Waals surface area contributed by atoms with Gasteiger partial charge in [-0.2, -0.15) is 5.10 Å². The highest BCUT2D eigenvalue weighted by atomic mass is 16.3. The van der Waals surface area contributed by atoms with Crippen molar-refractivity contribution in [1.29, 1.82) is 0 Å². The molecule has 1 saturated heterocycles. The molecule has 0 aliphatic carbocycles. The summed E-state index contributed by atoms with van der Waals surface area (Å²) in [6.45, 7) is 2.91. The standard InChI is InChI=1S/C10H17N5O2/c1-7(15-6-12-5-13-15)10(17)14(2)8-3-11-4-9(8)16/h5-9,11,16H,3-4H2,1-2H3/t7?,8-,9-/m0/s1. The molecular formula is C10H17N5O2. The number of amides is 1. The third-order valence-electron chi connectivity index (χ3n) is 3.19. The van der Waals surface area contributed by atoms with Gasteiger partial charge < -0.3 is 15.3 Å². The Bertz CT molecular complexity index is 380. The zero-order valence-corrected chi connectivity index (χ0v) is 9.95. The Morgan fingerprint density at radius 2 is 2.41 bits per heavy atom. The number of likely N-dealkylation sites (N-methyl/N-ethyl adjacent to an activating group) is 1. The Morgan fingerprint density at radius 3 is 2.94 bits per heavy atom. The van der Waals surface area contributed by atoms with Crippen molar-refractivity contribution in [3.63, 3.8) is 0 Å². The Labute approximate surface area is 99.4 Å². The van der Waals surface area contributed by atoms with Gasteiger partial charge in [-0.25, -0.2) is 9.67 Å². The molecule has 1 amide bonds. The lowest BCUT2D eigenvalue weighted by atomic mass is 10.1. The zero-order chi connectivity index (χ0) is 12.4. The van der Waals surface area contributed by atoms with Gasteiger partial charge in [0.25, 0.3) is 0 Å². The number of carbonyl (C=O) groups excluding carboxylic acids is 1. The van der Waals surface area contributed by atoms with E-state index in [0.717, 1.165) is 0 Å². The van der Waals surface area contributed by atoms with Crippen LogP contribution in [0.2, 0.25) is 0 Å². The van der Waals surface area contributed by atoms with Gasteiger partial charge in [0, 0.05) is 20.1 Å². The second-order valence-corrected chi connectivity index (χ2v) is 4.29. The van der Waals surface area contributed by atoms with Crippen molar-refractivity contribution in [2.45, 2.75) is 25.1 Å². The molecule has 7 nitrogen and oxygen atoms in total. The van der Waals surface area contributed by atoms with Gasteiger partial charge in [0.15, 0.2) is 0 Å². The van der Waals surface area contributed by atoms with Gasteiger partial charge in [-0.1, -0.05) is 0 Å². The largest absolute Gasteiger partial charge is 0.390 e. The molecular weight excluding hydrogens is 222 g/mol. The summed E-state index contributed by atoms with van der Waals surface area (Å²) in [5, 5.41) is 16.7. The van der Waals surface area contributed by atoms with E-state index in [9.17, 15) is 9.90 Å². The summed E-state index contributed by atoms with van der Waals surface area (Å²) < 4.78 is 1.51. The number of rotatable bonds is 3. The first-order valence-electron chi connectivity index (χ1n) is 5.61. The maximum absolute atomic E-state index is 12.2. The number of aliphatic hydroxyl groups excluding tert-OH is 1. The first-order chi connectivity index (χ1) is 8.11. The molecule has 2 N–H and O–H groups in total. The van der Waals surface area contributed by atoms with Gasteiger partial charge in [0.1, 0.15) is 18.7 Å². The van der Waals surface area contributed by atoms with Crippen molar-refractivity contribution < 1.29 is 9.90 Å². The van der Waals surface area contributed by atoms with Crippen molar-refractivity contribution in [3.05, 3.63) is 12.7 Å². The van der Waals surface area contributed by atoms with Crippen molar-refractivity contribution in [2.24, 2.45) is 0 Å². The molecule has 1 fully saturated rings. The molecule has 7 heteroatoms. The fourth-order valence-corrected chi connectivity index (χ4v) is 2.03. The van der Waals surface area contributed by atoms with Crippen LogP contribution in [0.5, 0.6) is 0 Å². The number of aliphatic hydroxyl groups is 1. The number of nitrogens with one attached hydrogen (secondary N) is 1. The quantitative estimate of drug-likeness (QED) is 0.680. The number of aromatic nitrogens is 3. The molecule has 0 aromatic carbocycles. The monoisotopic (exact) mass is 239 g/mol. The maximum atomic E-state index is 12.2. The molecule has 1 aliphatic heterocycles. The predicted octanol–water partition coefficient (Wildman–Crippen LogP) is -1.37. The molecule has 0 bridgehead atoms. The van der Waals surface area contributed by atoms with Crippen LogP contribution < -0.4 is 5.32 Å². The number of nitrogens with zero attached hydrogens (tertiary/aromatic N) is 4. The minimum absolute atomic E-state index is 0.0803. The zero-order valence-electron chi connectivity index (χ0n) is 9.95. The molecule has 2 heterocycles. The second kappa shape index (κ2) is 4.80. The minimum atomic E-state index is -0.508. The Morgan fingerprint density at radius 1 is 1.65 bits per heavy atom. The van der Waals surface area contributed by atoms with Gasteiger partial charge in [-0.15, -0.1) is 0 Å². The molecule has 0 saturated carbocycles. The molecule has 2 rings (SSSR count). The number of β-amino-alcohol motifs (C(OH)–C–C–N with tert-alkyl or cyclic N) is 1. The highest BCUT2D eigenvalue weighted by Crippen LogP contribution is 2.13. The normalized spacial score (nSPS) is 25.8. The van der Waals surface area contributed by atoms with E-state index in [4.69, 9.17) is 0 Å². The van der Waals surface area contributed by atoms with Gasteiger partial charge in [0.2, 0.25) is 5.91 Å². The van der Waals surface area contributed by atoms with E-state index < -0.39 is 12.1 Å². The van der Waals surface area contributed by atoms with Gasteiger partial charge in [-0.3, -0.25) is 4.79 Å². The Balaban J connectivity index is 2.04. The van der Waals surface area contributed by atoms with Crippen molar-refractivity contribution in [3.8, 4) is 0 Å². The molecule has 1 aromatic heterocycles. The lowest BCUT2D eigenvalue weighted by Crippen LogP contribution is -2.46. The van der Waals surface area contributed by atoms with E-state index in [2.05, 4.69) is 15.4 Å². The fourth-order valence-electron chi connectivity index (χ4n) is 2.03. The van der Waals surface area contributed by atoms with Crippen molar-refractivity contribution >= 4 is 5.91 Å². The van der Waals surface area contributed by atoms with Crippen LogP contribution in [0.25, 0.3) is 0 Å². The number of carbonyl (C=O) groups is 1. The van der Waals surface area contributed by atoms with Crippen LogP contribution in [-0.2, 0) is 4.79 Å². The maximum Gasteiger partial charge on any atom is 0.247 e. The predicted molar refractivity (Wildman–Crippen MR) is 60.2 cm³/mol. The number of hydrogen-bond donors (Lipinski definition) is 2. The van der Waals surface area contributed by atoms with E-state index in [0.29, 0.717) is 13.1 Å². The summed E-state index contributed by atoms with van der Waals surface area (Å²) in [6.07, 6.45) is 2.40. The third-order valence-corrected chi connectivity index (χ3v) is 3.19. The first-order valence-corrected chi connectivity index (χ1v) is 5.61. The summed E-state index contributed by atoms with van der Waals surface area (Å²) in [5.41, 5.74) is 0. The smallest absolute Gasteiger partial charge is 0.247 e. The highest BCUT2D eigenvalue weighted by molar-refractivity contribution is 5.80. The lowest BCUT2D eigenvalue weighted by molar-refractivity contribution is -0.136. The average molecular weight is 239 g/mol. The number of hydrogen-bond acceptors (Lipinski definition) is 5. The second-order valence-electron chi connectivity index (χ2n) is 4.29. The van der Waals surface area contributed by atoms with Crippen LogP contribution in [0.15, 0.2) is 12.7 Å². The average Bonchev–Trinajstić information content (AvgIpc) is 2.96. The summed E-state index contributed by atoms with van der Waals surface area (Å²) in [7, 11) is 1.71. The Kier molecular flexibility index (Phi) is 3.39. The van der Waals surface area contributed by atoms with Crippen molar-refractivity contribution in [1.82, 2.24) is 25.0 Å². The van der Waals surface area contributed by atoms with Gasteiger partial charge in [0.05, 0.1) is 12.1 Å². The van der Waals surface area contributed by atoms with Crippen LogP contribution in [0, 0.1) is 0 Å². The minimum Gasteiger partial charge on any atom is -0.390 e. The topological polar surface area (TPSA) is 83.3 Å². The molecule has 1 aliphatic rings. The summed E-state index contributed by atoms with van der Waals surface area (Å²) in [5.74, 6) is -0.0803. The van der Waals surface area contributed by atoms with Gasteiger partial charge >= 0.3 is 0 Å². The molecule has 17 heavy (non-hydrogen) atoms. The van der Waals surface area contributed by atoms with E-state index >= 15 is 0 Å². The van der Waals surface area contributed by atoms with Crippen LogP contribution in [0.3, 0.4) is 0 Å². The SMILES string of the molecule is CC(C(=O)N(C)[C@H]1CNC[C@@H]1O)n1cncn1. The summed E-state index contributed by atoms with van der Waals surface area (Å²) in [4.78, 5) is 17.6. The molecule has 1 aromatic rings. The highest BCUT2D eigenvalue weighted by Gasteiger charge is 2.33. The van der Waals surface area contributed by atoms with Gasteiger partial charge in [-0.05, 0) is 6.92 Å². The third kappa shape index (κ3) is 2.29. The van der Waals surface area contributed by atoms with Crippen LogP contribution in [0.4, 0.5) is 0 Å². The van der Waals surface area contributed by atoms with E-state index in [1.54, 1.807) is 18.9 Å². The van der Waals surface area contributed by atoms with Crippen LogP contribution in [-0.4, -0.2) is 63.0 Å². The lowest BCUT2D eigenvalue weighted by Gasteiger charge is -2.28. The summed E-state index contributed by atoms with van der Waals surface area (Å²) >= 11 is 0. The molecule has 0 radical (unpaired) electrons. The van der Waals surface area contributed by atoms with E-state index in [-0.39, 0.29) is 11.9 Å². The first kappa shape index (κ1) is 12.0. The molecule has 94 valence electrons. The van der Waals surface area contributed by atoms with Crippen LogP contribution >= 0.6 is 0 Å². The molecule has 1 unspecified atom stereocenters. The van der Waals surface area contributed by atoms with E-state index in [1.165, 1.54) is 17.3 Å². The van der Waals surface area contributed by atoms with E-state index in [1.807, 2.05) is 0 Å².